The van der Waals surface area contributed by atoms with Crippen molar-refractivity contribution >= 4 is 44.2 Å². The maximum absolute atomic E-state index is 13.2. The summed E-state index contributed by atoms with van der Waals surface area (Å²) in [6, 6.07) is 6.16. The van der Waals surface area contributed by atoms with Gasteiger partial charge in [-0.15, -0.1) is 0 Å². The van der Waals surface area contributed by atoms with Crippen LogP contribution in [0.25, 0.3) is 22.3 Å². The number of nitrogens with zero attached hydrogens (tertiary/aromatic N) is 2. The Balaban J connectivity index is 1.82. The Morgan fingerprint density at radius 3 is 2.63 bits per heavy atom. The number of sulfonamides is 1. The van der Waals surface area contributed by atoms with Crippen molar-refractivity contribution in [2.45, 2.75) is 26.8 Å². The molecule has 0 radical (unpaired) electrons. The first-order valence-electron chi connectivity index (χ1n) is 10.5. The molecule has 0 bridgehead atoms. The number of hydrogen-bond donors (Lipinski definition) is 3. The Hall–Kier alpha value is -3.70. The van der Waals surface area contributed by atoms with Crippen molar-refractivity contribution in [1.29, 1.82) is 0 Å². The van der Waals surface area contributed by atoms with Crippen molar-refractivity contribution in [3.8, 4) is 11.3 Å². The molecule has 1 aromatic carbocycles. The van der Waals surface area contributed by atoms with E-state index in [1.165, 1.54) is 12.1 Å². The van der Waals surface area contributed by atoms with Gasteiger partial charge in [0.05, 0.1) is 35.1 Å². The number of pyridine rings is 1. The van der Waals surface area contributed by atoms with E-state index in [1.54, 1.807) is 25.4 Å². The Morgan fingerprint density at radius 2 is 1.97 bits per heavy atom. The van der Waals surface area contributed by atoms with Gasteiger partial charge in [-0.3, -0.25) is 14.7 Å². The molecule has 0 saturated heterocycles. The summed E-state index contributed by atoms with van der Waals surface area (Å²) in [5.74, 6) is -0.530. The van der Waals surface area contributed by atoms with Gasteiger partial charge in [0.2, 0.25) is 10.0 Å². The normalized spacial score (nSPS) is 12.5. The molecule has 3 heterocycles. The van der Waals surface area contributed by atoms with Gasteiger partial charge in [0, 0.05) is 17.3 Å². The van der Waals surface area contributed by atoms with Gasteiger partial charge in [-0.2, -0.15) is 5.10 Å². The number of carbonyl (C=O) groups excluding carboxylic acids is 1. The van der Waals surface area contributed by atoms with Crippen LogP contribution in [-0.2, 0) is 10.0 Å². The molecule has 0 unspecified atom stereocenters. The molecule has 0 aliphatic heterocycles. The molecule has 0 saturated carbocycles. The van der Waals surface area contributed by atoms with Crippen molar-refractivity contribution in [2.24, 2.45) is 0 Å². The van der Waals surface area contributed by atoms with Crippen LogP contribution in [0.3, 0.4) is 0 Å². The molecule has 0 fully saturated rings. The molecule has 3 N–H and O–H groups in total. The predicted molar refractivity (Wildman–Crippen MR) is 133 cm³/mol. The molecule has 1 amide bonds. The number of hydrogen-bond acceptors (Lipinski definition) is 8. The standard InChI is InChI=1S/C23H22ClN5O5S/c1-11-7-15(22-16(8-11)20(30)12(2)21(34-22)14-9-25-26-10-14)13(3)27-17-5-6-18(24)28-19(17)23(31)29-35(4,32)33/h5-10,13,27H,1-4H3,(H,25,26)(H,29,31)/t13-/m1/s1. The molecule has 10 nitrogen and oxygen atoms in total. The Bertz CT molecular complexity index is 1610. The second kappa shape index (κ2) is 9.16. The predicted octanol–water partition coefficient (Wildman–Crippen LogP) is 3.71. The number of aromatic amines is 1. The number of anilines is 1. The minimum atomic E-state index is -3.82. The van der Waals surface area contributed by atoms with E-state index >= 15 is 0 Å². The Labute approximate surface area is 205 Å². The van der Waals surface area contributed by atoms with Crippen molar-refractivity contribution in [1.82, 2.24) is 19.9 Å². The third kappa shape index (κ3) is 5.05. The molecule has 182 valence electrons. The molecular formula is C23H22ClN5O5S. The monoisotopic (exact) mass is 515 g/mol. The first-order chi connectivity index (χ1) is 16.4. The summed E-state index contributed by atoms with van der Waals surface area (Å²) in [7, 11) is -3.82. The van der Waals surface area contributed by atoms with Crippen LogP contribution in [-0.4, -0.2) is 35.8 Å². The van der Waals surface area contributed by atoms with Crippen LogP contribution in [0.1, 0.15) is 40.1 Å². The molecule has 12 heteroatoms. The summed E-state index contributed by atoms with van der Waals surface area (Å²) in [6.07, 6.45) is 4.07. The number of amides is 1. The zero-order valence-electron chi connectivity index (χ0n) is 19.3. The first kappa shape index (κ1) is 24.4. The minimum Gasteiger partial charge on any atom is -0.455 e. The molecule has 1 atom stereocenters. The third-order valence-electron chi connectivity index (χ3n) is 5.35. The fourth-order valence-electron chi connectivity index (χ4n) is 3.79. The molecule has 4 rings (SSSR count). The lowest BCUT2D eigenvalue weighted by Crippen LogP contribution is -2.31. The van der Waals surface area contributed by atoms with Gasteiger partial charge >= 0.3 is 0 Å². The van der Waals surface area contributed by atoms with Crippen molar-refractivity contribution in [2.75, 3.05) is 11.6 Å². The van der Waals surface area contributed by atoms with Crippen LogP contribution in [0, 0.1) is 13.8 Å². The fourth-order valence-corrected chi connectivity index (χ4v) is 4.37. The number of halogens is 1. The quantitative estimate of drug-likeness (QED) is 0.329. The highest BCUT2D eigenvalue weighted by Crippen LogP contribution is 2.32. The van der Waals surface area contributed by atoms with E-state index in [0.717, 1.165) is 11.8 Å². The van der Waals surface area contributed by atoms with Crippen LogP contribution in [0.4, 0.5) is 5.69 Å². The van der Waals surface area contributed by atoms with Crippen LogP contribution in [0.2, 0.25) is 5.15 Å². The Kier molecular flexibility index (Phi) is 6.39. The zero-order chi connectivity index (χ0) is 25.5. The van der Waals surface area contributed by atoms with Gasteiger partial charge in [-0.05, 0) is 44.5 Å². The lowest BCUT2D eigenvalue weighted by molar-refractivity contribution is 0.0977. The van der Waals surface area contributed by atoms with E-state index < -0.39 is 22.0 Å². The topological polar surface area (TPSA) is 147 Å². The highest BCUT2D eigenvalue weighted by atomic mass is 35.5. The number of carbonyl (C=O) groups is 1. The number of benzene rings is 1. The molecule has 0 aliphatic rings. The van der Waals surface area contributed by atoms with Crippen molar-refractivity contribution in [3.05, 3.63) is 74.4 Å². The van der Waals surface area contributed by atoms with Gasteiger partial charge in [0.25, 0.3) is 5.91 Å². The fraction of sp³-hybridized carbons (Fsp3) is 0.217. The summed E-state index contributed by atoms with van der Waals surface area (Å²) in [5, 5.41) is 10.3. The van der Waals surface area contributed by atoms with Crippen molar-refractivity contribution in [3.63, 3.8) is 0 Å². The Morgan fingerprint density at radius 1 is 1.23 bits per heavy atom. The second-order valence-corrected chi connectivity index (χ2v) is 10.3. The number of aromatic nitrogens is 3. The number of H-pyrrole nitrogens is 1. The largest absolute Gasteiger partial charge is 0.455 e. The summed E-state index contributed by atoms with van der Waals surface area (Å²) >= 11 is 5.96. The smallest absolute Gasteiger partial charge is 0.285 e. The molecule has 35 heavy (non-hydrogen) atoms. The van der Waals surface area contributed by atoms with Crippen LogP contribution < -0.4 is 15.5 Å². The zero-order valence-corrected chi connectivity index (χ0v) is 20.8. The summed E-state index contributed by atoms with van der Waals surface area (Å²) in [4.78, 5) is 29.8. The van der Waals surface area contributed by atoms with Gasteiger partial charge in [-0.25, -0.2) is 18.1 Å². The summed E-state index contributed by atoms with van der Waals surface area (Å²) in [5.41, 5.74) is 2.87. The third-order valence-corrected chi connectivity index (χ3v) is 6.11. The number of fused-ring (bicyclic) bond motifs is 1. The lowest BCUT2D eigenvalue weighted by Gasteiger charge is -2.20. The van der Waals surface area contributed by atoms with E-state index in [4.69, 9.17) is 16.0 Å². The highest BCUT2D eigenvalue weighted by molar-refractivity contribution is 7.89. The molecule has 3 aromatic heterocycles. The van der Waals surface area contributed by atoms with Gasteiger partial charge in [0.1, 0.15) is 16.5 Å². The van der Waals surface area contributed by atoms with E-state index in [2.05, 4.69) is 20.5 Å². The number of rotatable bonds is 6. The van der Waals surface area contributed by atoms with Crippen LogP contribution in [0.5, 0.6) is 0 Å². The average molecular weight is 516 g/mol. The molecular weight excluding hydrogens is 494 g/mol. The first-order valence-corrected chi connectivity index (χ1v) is 12.7. The van der Waals surface area contributed by atoms with Gasteiger partial charge in [0.15, 0.2) is 11.1 Å². The van der Waals surface area contributed by atoms with E-state index in [1.807, 2.05) is 24.6 Å². The molecule has 4 aromatic rings. The van der Waals surface area contributed by atoms with Crippen LogP contribution in [0.15, 0.2) is 45.9 Å². The van der Waals surface area contributed by atoms with Crippen molar-refractivity contribution < 1.29 is 17.6 Å². The van der Waals surface area contributed by atoms with E-state index in [9.17, 15) is 18.0 Å². The maximum atomic E-state index is 13.2. The molecule has 0 aliphatic carbocycles. The lowest BCUT2D eigenvalue weighted by atomic mass is 9.99. The molecule has 0 spiro atoms. The highest BCUT2D eigenvalue weighted by Gasteiger charge is 2.22. The minimum absolute atomic E-state index is 0.0223. The van der Waals surface area contributed by atoms with Crippen LogP contribution >= 0.6 is 11.6 Å². The van der Waals surface area contributed by atoms with E-state index in [-0.39, 0.29) is 22.0 Å². The second-order valence-electron chi connectivity index (χ2n) is 8.20. The number of aryl methyl sites for hydroxylation is 1. The average Bonchev–Trinajstić information content (AvgIpc) is 3.30. The van der Waals surface area contributed by atoms with E-state index in [0.29, 0.717) is 33.4 Å². The van der Waals surface area contributed by atoms with Gasteiger partial charge < -0.3 is 9.73 Å². The van der Waals surface area contributed by atoms with Gasteiger partial charge in [-0.1, -0.05) is 17.7 Å². The SMILES string of the molecule is Cc1cc([C@@H](C)Nc2ccc(Cl)nc2C(=O)NS(C)(=O)=O)c2oc(-c3cn[nH]c3)c(C)c(=O)c2c1. The summed E-state index contributed by atoms with van der Waals surface area (Å²) < 4.78 is 31.3. The number of nitrogens with one attached hydrogen (secondary N) is 3. The maximum Gasteiger partial charge on any atom is 0.285 e. The summed E-state index contributed by atoms with van der Waals surface area (Å²) in [6.45, 7) is 5.38.